The van der Waals surface area contributed by atoms with Crippen LogP contribution >= 0.6 is 0 Å². The van der Waals surface area contributed by atoms with Crippen LogP contribution in [0.15, 0.2) is 30.3 Å². The average molecular weight is 297 g/mol. The monoisotopic (exact) mass is 297 g/mol. The van der Waals surface area contributed by atoms with Crippen molar-refractivity contribution in [2.45, 2.75) is 25.8 Å². The van der Waals surface area contributed by atoms with Crippen molar-refractivity contribution >= 4 is 10.0 Å². The number of benzene rings is 1. The third-order valence-electron chi connectivity index (χ3n) is 4.24. The number of sulfonamides is 1. The van der Waals surface area contributed by atoms with Crippen LogP contribution in [0, 0.1) is 0 Å². The van der Waals surface area contributed by atoms with Crippen LogP contribution in [0.5, 0.6) is 0 Å². The van der Waals surface area contributed by atoms with Gasteiger partial charge in [-0.25, -0.2) is 8.42 Å². The van der Waals surface area contributed by atoms with E-state index in [9.17, 15) is 8.42 Å². The number of nitrogens with zero attached hydrogens (tertiary/aromatic N) is 1. The fourth-order valence-electron chi connectivity index (χ4n) is 2.83. The molecule has 1 aliphatic rings. The zero-order chi connectivity index (χ0) is 14.6. The van der Waals surface area contributed by atoms with Gasteiger partial charge in [0, 0.05) is 6.42 Å². The molecule has 0 aliphatic carbocycles. The second kappa shape index (κ2) is 6.70. The molecule has 0 amide bonds. The Morgan fingerprint density at radius 3 is 2.35 bits per heavy atom. The Morgan fingerprint density at radius 1 is 1.20 bits per heavy atom. The molecule has 20 heavy (non-hydrogen) atoms. The highest BCUT2D eigenvalue weighted by Crippen LogP contribution is 2.04. The lowest BCUT2D eigenvalue weighted by Crippen LogP contribution is -3.18. The Bertz CT molecular complexity index is 508. The van der Waals surface area contributed by atoms with Crippen LogP contribution in [0.2, 0.25) is 0 Å². The van der Waals surface area contributed by atoms with Crippen LogP contribution < -0.4 is 4.90 Å². The molecular weight excluding hydrogens is 272 g/mol. The summed E-state index contributed by atoms with van der Waals surface area (Å²) in [7, 11) is -3.01. The molecule has 112 valence electrons. The summed E-state index contributed by atoms with van der Waals surface area (Å²) in [5, 5.41) is 0. The largest absolute Gasteiger partial charge is 0.331 e. The Labute approximate surface area is 122 Å². The summed E-state index contributed by atoms with van der Waals surface area (Å²) in [6.45, 7) is 5.42. The highest BCUT2D eigenvalue weighted by atomic mass is 32.2. The van der Waals surface area contributed by atoms with Gasteiger partial charge in [0.15, 0.2) is 0 Å². The fourth-order valence-corrected chi connectivity index (χ4v) is 3.68. The van der Waals surface area contributed by atoms with Crippen molar-refractivity contribution in [2.24, 2.45) is 0 Å². The van der Waals surface area contributed by atoms with Gasteiger partial charge < -0.3 is 4.90 Å². The summed E-state index contributed by atoms with van der Waals surface area (Å²) < 4.78 is 24.6. The molecule has 2 rings (SSSR count). The van der Waals surface area contributed by atoms with E-state index in [0.29, 0.717) is 19.1 Å². The molecule has 1 fully saturated rings. The van der Waals surface area contributed by atoms with Gasteiger partial charge in [-0.2, -0.15) is 4.31 Å². The molecule has 0 spiro atoms. The minimum Gasteiger partial charge on any atom is -0.331 e. The maximum atomic E-state index is 11.5. The van der Waals surface area contributed by atoms with E-state index in [-0.39, 0.29) is 0 Å². The minimum atomic E-state index is -3.01. The Kier molecular flexibility index (Phi) is 5.18. The zero-order valence-electron chi connectivity index (χ0n) is 12.4. The molecule has 1 saturated heterocycles. The SMILES string of the molecule is C[C@H](CCc1ccccc1)[NH+]1CCN(S(C)(=O)=O)CC1. The molecule has 1 aromatic carbocycles. The van der Waals surface area contributed by atoms with Crippen molar-refractivity contribution in [3.05, 3.63) is 35.9 Å². The third kappa shape index (κ3) is 4.30. The minimum absolute atomic E-state index is 0.580. The second-order valence-corrected chi connectivity index (χ2v) is 7.73. The molecule has 1 aromatic rings. The second-order valence-electron chi connectivity index (χ2n) is 5.75. The average Bonchev–Trinajstić information content (AvgIpc) is 2.45. The number of hydrogen-bond donors (Lipinski definition) is 1. The van der Waals surface area contributed by atoms with Crippen LogP contribution in [0.1, 0.15) is 18.9 Å². The Balaban J connectivity index is 1.79. The predicted octanol–water partition coefficient (Wildman–Crippen LogP) is 0.168. The number of aryl methyl sites for hydroxylation is 1. The van der Waals surface area contributed by atoms with Crippen molar-refractivity contribution < 1.29 is 13.3 Å². The molecule has 0 saturated carbocycles. The summed E-state index contributed by atoms with van der Waals surface area (Å²) >= 11 is 0. The third-order valence-corrected chi connectivity index (χ3v) is 5.54. The van der Waals surface area contributed by atoms with Gasteiger partial charge in [-0.3, -0.25) is 0 Å². The normalized spacial score (nSPS) is 19.9. The van der Waals surface area contributed by atoms with Gasteiger partial charge in [0.1, 0.15) is 0 Å². The standard InChI is InChI=1S/C15H24N2O2S/c1-14(8-9-15-6-4-3-5-7-15)16-10-12-17(13-11-16)20(2,18)19/h3-7,14H,8-13H2,1-2H3/p+1/t14-/m1/s1. The molecule has 1 atom stereocenters. The summed E-state index contributed by atoms with van der Waals surface area (Å²) in [6, 6.07) is 11.1. The molecule has 5 heteroatoms. The Morgan fingerprint density at radius 2 is 1.80 bits per heavy atom. The summed E-state index contributed by atoms with van der Waals surface area (Å²) in [5.41, 5.74) is 1.38. The van der Waals surface area contributed by atoms with Crippen LogP contribution in [0.4, 0.5) is 0 Å². The van der Waals surface area contributed by atoms with Crippen molar-refractivity contribution in [1.82, 2.24) is 4.31 Å². The molecule has 0 radical (unpaired) electrons. The molecule has 1 aliphatic heterocycles. The van der Waals surface area contributed by atoms with E-state index in [1.807, 2.05) is 6.07 Å². The lowest BCUT2D eigenvalue weighted by Gasteiger charge is -2.34. The van der Waals surface area contributed by atoms with E-state index < -0.39 is 10.0 Å². The topological polar surface area (TPSA) is 41.8 Å². The molecule has 0 aromatic heterocycles. The number of nitrogens with one attached hydrogen (secondary N) is 1. The van der Waals surface area contributed by atoms with Gasteiger partial charge in [-0.15, -0.1) is 0 Å². The first kappa shape index (κ1) is 15.5. The highest BCUT2D eigenvalue weighted by Gasteiger charge is 2.28. The smallest absolute Gasteiger partial charge is 0.211 e. The zero-order valence-corrected chi connectivity index (χ0v) is 13.2. The van der Waals surface area contributed by atoms with Gasteiger partial charge in [0.25, 0.3) is 0 Å². The van der Waals surface area contributed by atoms with Gasteiger partial charge in [-0.1, -0.05) is 30.3 Å². The summed E-state index contributed by atoms with van der Waals surface area (Å²) in [6.07, 6.45) is 3.55. The van der Waals surface area contributed by atoms with Gasteiger partial charge >= 0.3 is 0 Å². The van der Waals surface area contributed by atoms with E-state index in [0.717, 1.165) is 25.9 Å². The maximum absolute atomic E-state index is 11.5. The first-order chi connectivity index (χ1) is 9.47. The number of hydrogen-bond acceptors (Lipinski definition) is 2. The van der Waals surface area contributed by atoms with Crippen molar-refractivity contribution in [2.75, 3.05) is 32.4 Å². The van der Waals surface area contributed by atoms with E-state index in [1.54, 1.807) is 4.31 Å². The molecular formula is C15H25N2O2S+. The molecule has 4 nitrogen and oxygen atoms in total. The van der Waals surface area contributed by atoms with Crippen molar-refractivity contribution in [1.29, 1.82) is 0 Å². The lowest BCUT2D eigenvalue weighted by molar-refractivity contribution is -0.927. The van der Waals surface area contributed by atoms with Crippen LogP contribution in [-0.2, 0) is 16.4 Å². The first-order valence-corrected chi connectivity index (χ1v) is 9.15. The van der Waals surface area contributed by atoms with Crippen LogP contribution in [0.25, 0.3) is 0 Å². The molecule has 0 bridgehead atoms. The van der Waals surface area contributed by atoms with E-state index in [1.165, 1.54) is 16.7 Å². The van der Waals surface area contributed by atoms with Gasteiger partial charge in [-0.05, 0) is 18.9 Å². The quantitative estimate of drug-likeness (QED) is 0.842. The van der Waals surface area contributed by atoms with E-state index >= 15 is 0 Å². The Hall–Kier alpha value is -0.910. The molecule has 1 heterocycles. The summed E-state index contributed by atoms with van der Waals surface area (Å²) in [4.78, 5) is 1.53. The van der Waals surface area contributed by atoms with Crippen molar-refractivity contribution in [3.63, 3.8) is 0 Å². The predicted molar refractivity (Wildman–Crippen MR) is 81.3 cm³/mol. The first-order valence-electron chi connectivity index (χ1n) is 7.30. The number of rotatable bonds is 5. The maximum Gasteiger partial charge on any atom is 0.211 e. The number of piperazine rings is 1. The van der Waals surface area contributed by atoms with Gasteiger partial charge in [0.2, 0.25) is 10.0 Å². The highest BCUT2D eigenvalue weighted by molar-refractivity contribution is 7.88. The number of quaternary nitrogens is 1. The molecule has 0 unspecified atom stereocenters. The van der Waals surface area contributed by atoms with Crippen LogP contribution in [-0.4, -0.2) is 51.2 Å². The van der Waals surface area contributed by atoms with E-state index in [2.05, 4.69) is 31.2 Å². The fraction of sp³-hybridized carbons (Fsp3) is 0.600. The van der Waals surface area contributed by atoms with E-state index in [4.69, 9.17) is 0 Å². The van der Waals surface area contributed by atoms with Gasteiger partial charge in [0.05, 0.1) is 38.5 Å². The lowest BCUT2D eigenvalue weighted by atomic mass is 10.0. The summed E-state index contributed by atoms with van der Waals surface area (Å²) in [5.74, 6) is 0. The molecule has 1 N–H and O–H groups in total. The van der Waals surface area contributed by atoms with Crippen LogP contribution in [0.3, 0.4) is 0 Å². The van der Waals surface area contributed by atoms with Crippen molar-refractivity contribution in [3.8, 4) is 0 Å².